The zero-order chi connectivity index (χ0) is 18.3. The van der Waals surface area contributed by atoms with Crippen LogP contribution in [0, 0.1) is 11.8 Å². The number of carboxylic acids is 1. The third-order valence-corrected chi connectivity index (χ3v) is 4.87. The standard InChI is InChI=1S/C15H30BN3O5.2ClH/c1-3-19-15(14(21)22)8-11(6-7-16(23)24)4-5-12(15)9-18-13(20)10(2)17;;/h10-12,19,23-24H,3-9,17H2,1-2H3,(H,18,20)(H,21,22);2*1H/t10-,11-,12-,15+;;/m0../s1. The molecule has 0 unspecified atom stereocenters. The van der Waals surface area contributed by atoms with Crippen molar-refractivity contribution in [3.8, 4) is 0 Å². The van der Waals surface area contributed by atoms with Gasteiger partial charge in [0.15, 0.2) is 0 Å². The monoisotopic (exact) mass is 415 g/mol. The average molecular weight is 416 g/mol. The van der Waals surface area contributed by atoms with E-state index in [9.17, 15) is 14.7 Å². The highest BCUT2D eigenvalue weighted by atomic mass is 35.5. The molecule has 1 rings (SSSR count). The summed E-state index contributed by atoms with van der Waals surface area (Å²) in [5.74, 6) is -1.37. The summed E-state index contributed by atoms with van der Waals surface area (Å²) < 4.78 is 0. The zero-order valence-corrected chi connectivity index (χ0v) is 16.9. The van der Waals surface area contributed by atoms with Crippen LogP contribution in [0.1, 0.15) is 39.5 Å². The van der Waals surface area contributed by atoms with Gasteiger partial charge in [0.2, 0.25) is 5.91 Å². The molecular formula is C15H32BCl2N3O5. The Morgan fingerprint density at radius 2 is 1.92 bits per heavy atom. The van der Waals surface area contributed by atoms with Crippen molar-refractivity contribution in [1.29, 1.82) is 0 Å². The van der Waals surface area contributed by atoms with Gasteiger partial charge in [0.1, 0.15) is 5.54 Å². The first kappa shape index (κ1) is 27.6. The predicted octanol–water partition coefficient (Wildman–Crippen LogP) is 0.00550. The van der Waals surface area contributed by atoms with Crippen LogP contribution >= 0.6 is 24.8 Å². The topological polar surface area (TPSA) is 145 Å². The van der Waals surface area contributed by atoms with Crippen LogP contribution in [-0.4, -0.2) is 58.8 Å². The van der Waals surface area contributed by atoms with Crippen LogP contribution in [0.2, 0.25) is 6.32 Å². The average Bonchev–Trinajstić information content (AvgIpc) is 2.51. The van der Waals surface area contributed by atoms with E-state index in [0.29, 0.717) is 25.8 Å². The summed E-state index contributed by atoms with van der Waals surface area (Å²) >= 11 is 0. The van der Waals surface area contributed by atoms with E-state index in [-0.39, 0.29) is 55.4 Å². The van der Waals surface area contributed by atoms with Crippen molar-refractivity contribution in [3.05, 3.63) is 0 Å². The van der Waals surface area contributed by atoms with Gasteiger partial charge >= 0.3 is 13.1 Å². The normalized spacial score (nSPS) is 26.0. The van der Waals surface area contributed by atoms with Gasteiger partial charge in [-0.25, -0.2) is 0 Å². The van der Waals surface area contributed by atoms with Crippen molar-refractivity contribution >= 4 is 43.8 Å². The Morgan fingerprint density at radius 1 is 1.31 bits per heavy atom. The maximum Gasteiger partial charge on any atom is 0.451 e. The molecule has 4 atom stereocenters. The first-order valence-electron chi connectivity index (χ1n) is 8.60. The summed E-state index contributed by atoms with van der Waals surface area (Å²) in [5, 5.41) is 33.8. The summed E-state index contributed by atoms with van der Waals surface area (Å²) in [5.41, 5.74) is 4.41. The second-order valence-electron chi connectivity index (χ2n) is 6.74. The lowest BCUT2D eigenvalue weighted by atomic mass is 9.65. The van der Waals surface area contributed by atoms with Crippen LogP contribution in [0.4, 0.5) is 0 Å². The number of carbonyl (C=O) groups excluding carboxylic acids is 1. The third-order valence-electron chi connectivity index (χ3n) is 4.87. The van der Waals surface area contributed by atoms with Crippen molar-refractivity contribution in [2.45, 2.75) is 57.4 Å². The molecule has 0 heterocycles. The molecule has 0 aromatic heterocycles. The molecule has 0 aromatic carbocycles. The fourth-order valence-electron chi connectivity index (χ4n) is 3.57. The molecule has 26 heavy (non-hydrogen) atoms. The first-order valence-corrected chi connectivity index (χ1v) is 8.60. The summed E-state index contributed by atoms with van der Waals surface area (Å²) in [7, 11) is -1.37. The fraction of sp³-hybridized carbons (Fsp3) is 0.867. The van der Waals surface area contributed by atoms with Crippen LogP contribution in [-0.2, 0) is 9.59 Å². The van der Waals surface area contributed by atoms with Crippen molar-refractivity contribution in [2.24, 2.45) is 17.6 Å². The molecule has 1 saturated carbocycles. The van der Waals surface area contributed by atoms with Crippen LogP contribution in [0.25, 0.3) is 0 Å². The maximum atomic E-state index is 12.0. The quantitative estimate of drug-likeness (QED) is 0.291. The Balaban J connectivity index is 0. The number of carboxylic acid groups (broad SMARTS) is 1. The lowest BCUT2D eigenvalue weighted by molar-refractivity contribution is -0.150. The Labute approximate surface area is 167 Å². The van der Waals surface area contributed by atoms with Crippen molar-refractivity contribution < 1.29 is 24.7 Å². The molecule has 1 aliphatic carbocycles. The van der Waals surface area contributed by atoms with E-state index < -0.39 is 24.7 Å². The van der Waals surface area contributed by atoms with E-state index in [1.807, 2.05) is 6.92 Å². The lowest BCUT2D eigenvalue weighted by Crippen LogP contribution is -2.62. The van der Waals surface area contributed by atoms with Crippen LogP contribution in [0.15, 0.2) is 0 Å². The Kier molecular flexibility index (Phi) is 13.6. The zero-order valence-electron chi connectivity index (χ0n) is 15.3. The second kappa shape index (κ2) is 12.7. The SMILES string of the molecule is CCN[C@]1(C(=O)O)C[C@H](CCB(O)O)CC[C@H]1CNC(=O)[C@H](C)N.Cl.Cl. The molecular weight excluding hydrogens is 384 g/mol. The van der Waals surface area contributed by atoms with E-state index in [4.69, 9.17) is 15.8 Å². The molecule has 1 fully saturated rings. The third kappa shape index (κ3) is 7.58. The minimum atomic E-state index is -1.37. The van der Waals surface area contributed by atoms with Crippen LogP contribution < -0.4 is 16.4 Å². The van der Waals surface area contributed by atoms with Gasteiger partial charge in [-0.2, -0.15) is 0 Å². The summed E-state index contributed by atoms with van der Waals surface area (Å²) in [6.45, 7) is 4.19. The van der Waals surface area contributed by atoms with E-state index in [0.717, 1.165) is 6.42 Å². The lowest BCUT2D eigenvalue weighted by Gasteiger charge is -2.44. The number of rotatable bonds is 9. The summed E-state index contributed by atoms with van der Waals surface area (Å²) in [6, 6.07) is -0.634. The van der Waals surface area contributed by atoms with E-state index in [1.54, 1.807) is 6.92 Å². The van der Waals surface area contributed by atoms with Gasteiger partial charge in [-0.3, -0.25) is 9.59 Å². The minimum Gasteiger partial charge on any atom is -0.480 e. The van der Waals surface area contributed by atoms with Crippen molar-refractivity contribution in [3.63, 3.8) is 0 Å². The highest BCUT2D eigenvalue weighted by Gasteiger charge is 2.49. The van der Waals surface area contributed by atoms with Gasteiger partial charge in [0.05, 0.1) is 6.04 Å². The first-order chi connectivity index (χ1) is 11.2. The molecule has 0 aromatic rings. The van der Waals surface area contributed by atoms with Gasteiger partial charge in [0.25, 0.3) is 0 Å². The number of aliphatic carboxylic acids is 1. The molecule has 0 aliphatic heterocycles. The molecule has 1 amide bonds. The molecule has 11 heteroatoms. The van der Waals surface area contributed by atoms with Crippen molar-refractivity contribution in [2.75, 3.05) is 13.1 Å². The van der Waals surface area contributed by atoms with E-state index in [2.05, 4.69) is 10.6 Å². The van der Waals surface area contributed by atoms with E-state index >= 15 is 0 Å². The van der Waals surface area contributed by atoms with Gasteiger partial charge in [0, 0.05) is 12.5 Å². The fourth-order valence-corrected chi connectivity index (χ4v) is 3.57. The largest absolute Gasteiger partial charge is 0.480 e. The van der Waals surface area contributed by atoms with Gasteiger partial charge in [-0.15, -0.1) is 24.8 Å². The number of hydrogen-bond acceptors (Lipinski definition) is 6. The predicted molar refractivity (Wildman–Crippen MR) is 106 cm³/mol. The Hall–Kier alpha value is -0.575. The molecule has 1 aliphatic rings. The molecule has 7 N–H and O–H groups in total. The highest BCUT2D eigenvalue weighted by Crippen LogP contribution is 2.39. The Bertz CT molecular complexity index is 446. The molecule has 0 spiro atoms. The van der Waals surface area contributed by atoms with Gasteiger partial charge in [-0.1, -0.05) is 13.3 Å². The minimum absolute atomic E-state index is 0. The van der Waals surface area contributed by atoms with Crippen LogP contribution in [0.3, 0.4) is 0 Å². The molecule has 0 radical (unpaired) electrons. The molecule has 0 saturated heterocycles. The van der Waals surface area contributed by atoms with Crippen LogP contribution in [0.5, 0.6) is 0 Å². The van der Waals surface area contributed by atoms with E-state index in [1.165, 1.54) is 0 Å². The maximum absolute atomic E-state index is 12.0. The molecule has 154 valence electrons. The number of nitrogens with one attached hydrogen (secondary N) is 2. The number of likely N-dealkylation sites (N-methyl/N-ethyl adjacent to an activating group) is 1. The van der Waals surface area contributed by atoms with Gasteiger partial charge in [-0.05, 0) is 45.0 Å². The second-order valence-corrected chi connectivity index (χ2v) is 6.74. The Morgan fingerprint density at radius 3 is 2.38 bits per heavy atom. The number of nitrogens with two attached hydrogens (primary N) is 1. The smallest absolute Gasteiger partial charge is 0.451 e. The number of carbonyl (C=O) groups is 2. The number of hydrogen-bond donors (Lipinski definition) is 6. The number of halogens is 2. The van der Waals surface area contributed by atoms with Crippen molar-refractivity contribution in [1.82, 2.24) is 10.6 Å². The van der Waals surface area contributed by atoms with Gasteiger partial charge < -0.3 is 31.5 Å². The summed E-state index contributed by atoms with van der Waals surface area (Å²) in [6.07, 6.45) is 2.65. The molecule has 8 nitrogen and oxygen atoms in total. The highest BCUT2D eigenvalue weighted by molar-refractivity contribution is 6.40. The number of amides is 1. The molecule has 0 bridgehead atoms. The summed E-state index contributed by atoms with van der Waals surface area (Å²) in [4.78, 5) is 23.7.